The lowest BCUT2D eigenvalue weighted by Gasteiger charge is -2.06. The fourth-order valence-electron chi connectivity index (χ4n) is 2.28. The van der Waals surface area contributed by atoms with E-state index in [0.29, 0.717) is 11.5 Å². The second-order valence-corrected chi connectivity index (χ2v) is 5.53. The van der Waals surface area contributed by atoms with E-state index >= 15 is 0 Å². The van der Waals surface area contributed by atoms with Gasteiger partial charge < -0.3 is 20.2 Å². The SMILES string of the molecule is Cc1oc(CNC(=O)CCNC(=O)Cc2ccccc2)cc1C(=O)O. The Labute approximate surface area is 145 Å². The molecule has 0 aliphatic carbocycles. The predicted molar refractivity (Wildman–Crippen MR) is 90.0 cm³/mol. The monoisotopic (exact) mass is 344 g/mol. The Balaban J connectivity index is 1.68. The lowest BCUT2D eigenvalue weighted by Crippen LogP contribution is -2.31. The summed E-state index contributed by atoms with van der Waals surface area (Å²) in [6.07, 6.45) is 0.401. The van der Waals surface area contributed by atoms with Crippen molar-refractivity contribution in [2.24, 2.45) is 0 Å². The molecule has 1 aromatic heterocycles. The average molecular weight is 344 g/mol. The van der Waals surface area contributed by atoms with Crippen molar-refractivity contribution in [3.63, 3.8) is 0 Å². The van der Waals surface area contributed by atoms with Gasteiger partial charge in [0.25, 0.3) is 0 Å². The van der Waals surface area contributed by atoms with Crippen LogP contribution in [-0.4, -0.2) is 29.4 Å². The Kier molecular flexibility index (Phi) is 6.33. The fourth-order valence-corrected chi connectivity index (χ4v) is 2.28. The van der Waals surface area contributed by atoms with E-state index in [1.54, 1.807) is 6.92 Å². The van der Waals surface area contributed by atoms with E-state index in [9.17, 15) is 14.4 Å². The zero-order valence-corrected chi connectivity index (χ0v) is 13.9. The van der Waals surface area contributed by atoms with Crippen LogP contribution in [0.4, 0.5) is 0 Å². The summed E-state index contributed by atoms with van der Waals surface area (Å²) in [6, 6.07) is 10.7. The molecule has 0 bridgehead atoms. The minimum absolute atomic E-state index is 0.0809. The first-order valence-electron chi connectivity index (χ1n) is 7.85. The van der Waals surface area contributed by atoms with Crippen LogP contribution in [0.25, 0.3) is 0 Å². The number of rotatable bonds is 8. The highest BCUT2D eigenvalue weighted by Gasteiger charge is 2.14. The van der Waals surface area contributed by atoms with Gasteiger partial charge in [-0.2, -0.15) is 0 Å². The second kappa shape index (κ2) is 8.68. The third kappa shape index (κ3) is 5.80. The number of carbonyl (C=O) groups excluding carboxylic acids is 2. The van der Waals surface area contributed by atoms with Gasteiger partial charge >= 0.3 is 5.97 Å². The number of hydrogen-bond donors (Lipinski definition) is 3. The number of carboxylic acids is 1. The van der Waals surface area contributed by atoms with Crippen molar-refractivity contribution < 1.29 is 23.9 Å². The van der Waals surface area contributed by atoms with Crippen LogP contribution in [0.2, 0.25) is 0 Å². The number of benzene rings is 1. The Morgan fingerprint density at radius 3 is 2.44 bits per heavy atom. The van der Waals surface area contributed by atoms with Crippen LogP contribution in [0, 0.1) is 6.92 Å². The van der Waals surface area contributed by atoms with Gasteiger partial charge in [-0.3, -0.25) is 9.59 Å². The number of hydrogen-bond acceptors (Lipinski definition) is 4. The minimum Gasteiger partial charge on any atom is -0.478 e. The molecule has 0 radical (unpaired) electrons. The normalized spacial score (nSPS) is 10.3. The maximum absolute atomic E-state index is 11.8. The Hall–Kier alpha value is -3.09. The van der Waals surface area contributed by atoms with Crippen LogP contribution >= 0.6 is 0 Å². The Morgan fingerprint density at radius 1 is 1.08 bits per heavy atom. The van der Waals surface area contributed by atoms with E-state index in [1.165, 1.54) is 6.07 Å². The van der Waals surface area contributed by atoms with Crippen LogP contribution in [-0.2, 0) is 22.6 Å². The van der Waals surface area contributed by atoms with Gasteiger partial charge in [0.1, 0.15) is 17.1 Å². The fraction of sp³-hybridized carbons (Fsp3) is 0.278. The highest BCUT2D eigenvalue weighted by molar-refractivity contribution is 5.88. The highest BCUT2D eigenvalue weighted by Crippen LogP contribution is 2.14. The minimum atomic E-state index is -1.07. The molecular weight excluding hydrogens is 324 g/mol. The zero-order chi connectivity index (χ0) is 18.2. The summed E-state index contributed by atoms with van der Waals surface area (Å²) in [4.78, 5) is 34.4. The molecule has 0 fully saturated rings. The summed E-state index contributed by atoms with van der Waals surface area (Å²) >= 11 is 0. The molecule has 0 saturated heterocycles. The van der Waals surface area contributed by atoms with Gasteiger partial charge in [0.15, 0.2) is 0 Å². The smallest absolute Gasteiger partial charge is 0.339 e. The lowest BCUT2D eigenvalue weighted by molar-refractivity contribution is -0.122. The molecular formula is C18H20N2O5. The molecule has 2 aromatic rings. The molecule has 132 valence electrons. The first-order valence-corrected chi connectivity index (χ1v) is 7.85. The van der Waals surface area contributed by atoms with Crippen molar-refractivity contribution in [1.29, 1.82) is 0 Å². The Morgan fingerprint density at radius 2 is 1.80 bits per heavy atom. The molecule has 0 aliphatic heterocycles. The summed E-state index contributed by atoms with van der Waals surface area (Å²) in [7, 11) is 0. The standard InChI is InChI=1S/C18H20N2O5/c1-12-15(18(23)24)10-14(25-12)11-20-16(21)7-8-19-17(22)9-13-5-3-2-4-6-13/h2-6,10H,7-9,11H2,1H3,(H,19,22)(H,20,21)(H,23,24). The van der Waals surface area contributed by atoms with Gasteiger partial charge in [0.05, 0.1) is 13.0 Å². The van der Waals surface area contributed by atoms with Gasteiger partial charge in [0.2, 0.25) is 11.8 Å². The number of amides is 2. The van der Waals surface area contributed by atoms with Crippen molar-refractivity contribution in [2.45, 2.75) is 26.3 Å². The Bertz CT molecular complexity index is 752. The van der Waals surface area contributed by atoms with E-state index in [1.807, 2.05) is 30.3 Å². The van der Waals surface area contributed by atoms with Crippen LogP contribution in [0.1, 0.15) is 33.9 Å². The maximum atomic E-state index is 11.8. The highest BCUT2D eigenvalue weighted by atomic mass is 16.4. The molecule has 2 amide bonds. The predicted octanol–water partition coefficient (Wildman–Crippen LogP) is 1.65. The molecule has 7 heteroatoms. The molecule has 0 saturated carbocycles. The number of carboxylic acid groups (broad SMARTS) is 1. The molecule has 0 aliphatic rings. The van der Waals surface area contributed by atoms with Crippen molar-refractivity contribution in [2.75, 3.05) is 6.54 Å². The third-order valence-corrected chi connectivity index (χ3v) is 3.54. The van der Waals surface area contributed by atoms with E-state index < -0.39 is 5.97 Å². The average Bonchev–Trinajstić information content (AvgIpc) is 2.95. The quantitative estimate of drug-likeness (QED) is 0.675. The number of aryl methyl sites for hydroxylation is 1. The first kappa shape index (κ1) is 18.3. The summed E-state index contributed by atoms with van der Waals surface area (Å²) in [5.74, 6) is -0.807. The first-order chi connectivity index (χ1) is 12.0. The lowest BCUT2D eigenvalue weighted by atomic mass is 10.1. The summed E-state index contributed by atoms with van der Waals surface area (Å²) in [5, 5.41) is 14.3. The molecule has 25 heavy (non-hydrogen) atoms. The van der Waals surface area contributed by atoms with Gasteiger partial charge in [-0.15, -0.1) is 0 Å². The summed E-state index contributed by atoms with van der Waals surface area (Å²) in [5.41, 5.74) is 0.990. The van der Waals surface area contributed by atoms with Crippen LogP contribution in [0.3, 0.4) is 0 Å². The molecule has 2 rings (SSSR count). The molecule has 0 atom stereocenters. The zero-order valence-electron chi connectivity index (χ0n) is 13.9. The van der Waals surface area contributed by atoms with Crippen LogP contribution < -0.4 is 10.6 Å². The maximum Gasteiger partial charge on any atom is 0.339 e. The third-order valence-electron chi connectivity index (χ3n) is 3.54. The van der Waals surface area contributed by atoms with Crippen molar-refractivity contribution >= 4 is 17.8 Å². The molecule has 0 unspecified atom stereocenters. The van der Waals surface area contributed by atoms with E-state index in [0.717, 1.165) is 5.56 Å². The molecule has 1 heterocycles. The number of aromatic carboxylic acids is 1. The second-order valence-electron chi connectivity index (χ2n) is 5.53. The van der Waals surface area contributed by atoms with Gasteiger partial charge in [-0.1, -0.05) is 30.3 Å². The number of nitrogens with one attached hydrogen (secondary N) is 2. The topological polar surface area (TPSA) is 109 Å². The summed E-state index contributed by atoms with van der Waals surface area (Å²) in [6.45, 7) is 1.89. The van der Waals surface area contributed by atoms with Crippen molar-refractivity contribution in [1.82, 2.24) is 10.6 Å². The van der Waals surface area contributed by atoms with Crippen LogP contribution in [0.15, 0.2) is 40.8 Å². The molecule has 0 spiro atoms. The van der Waals surface area contributed by atoms with Crippen molar-refractivity contribution in [3.8, 4) is 0 Å². The molecule has 3 N–H and O–H groups in total. The van der Waals surface area contributed by atoms with E-state index in [4.69, 9.17) is 9.52 Å². The van der Waals surface area contributed by atoms with Crippen LogP contribution in [0.5, 0.6) is 0 Å². The van der Waals surface area contributed by atoms with E-state index in [-0.39, 0.29) is 43.3 Å². The van der Waals surface area contributed by atoms with Gasteiger partial charge in [-0.05, 0) is 18.6 Å². The van der Waals surface area contributed by atoms with Gasteiger partial charge in [-0.25, -0.2) is 4.79 Å². The van der Waals surface area contributed by atoms with Crippen molar-refractivity contribution in [3.05, 3.63) is 59.0 Å². The molecule has 7 nitrogen and oxygen atoms in total. The van der Waals surface area contributed by atoms with E-state index in [2.05, 4.69) is 10.6 Å². The summed E-state index contributed by atoms with van der Waals surface area (Å²) < 4.78 is 5.27. The number of carbonyl (C=O) groups is 3. The largest absolute Gasteiger partial charge is 0.478 e. The molecule has 1 aromatic carbocycles. The number of furan rings is 1. The van der Waals surface area contributed by atoms with Gasteiger partial charge in [0, 0.05) is 13.0 Å².